The monoisotopic (exact) mass is 145 g/mol. The lowest BCUT2D eigenvalue weighted by atomic mass is 10.6. The largest absolute Gasteiger partial charge is 0.409 e. The van der Waals surface area contributed by atoms with Gasteiger partial charge in [-0.2, -0.15) is 0 Å². The molecule has 42 valence electrons. The quantitative estimate of drug-likeness (QED) is 0.381. The summed E-state index contributed by atoms with van der Waals surface area (Å²) in [6, 6.07) is 0. The molecule has 0 fully saturated rings. The molecule has 2 heterocycles. The van der Waals surface area contributed by atoms with Gasteiger partial charge in [0.2, 0.25) is 0 Å². The molecular weight excluding hydrogens is 142 g/mol. The number of hydrogen-bond acceptors (Lipinski definition) is 3. The Kier molecular flexibility index (Phi) is 0.947. The van der Waals surface area contributed by atoms with Crippen LogP contribution in [0.2, 0.25) is 0 Å². The maximum Gasteiger partial charge on any atom is 0.192 e. The Bertz CT molecular complexity index is 186. The van der Waals surface area contributed by atoms with Crippen LogP contribution in [-0.2, 0) is 4.18 Å². The Labute approximate surface area is 53.2 Å². The molecule has 1 unspecified atom stereocenters. The van der Waals surface area contributed by atoms with Crippen LogP contribution < -0.4 is 0 Å². The van der Waals surface area contributed by atoms with Gasteiger partial charge in [0.1, 0.15) is 4.99 Å². The third-order valence-electron chi connectivity index (χ3n) is 0.835. The summed E-state index contributed by atoms with van der Waals surface area (Å²) < 4.78 is 5.08. The van der Waals surface area contributed by atoms with Crippen LogP contribution in [0.4, 0.5) is 0 Å². The van der Waals surface area contributed by atoms with Crippen molar-refractivity contribution in [1.29, 1.82) is 0 Å². The molecule has 0 saturated carbocycles. The minimum absolute atomic E-state index is 0.0679. The van der Waals surface area contributed by atoms with Gasteiger partial charge in [0.15, 0.2) is 6.40 Å². The summed E-state index contributed by atoms with van der Waals surface area (Å²) in [4.78, 5) is 5.04. The van der Waals surface area contributed by atoms with Gasteiger partial charge in [0, 0.05) is 0 Å². The van der Waals surface area contributed by atoms with Gasteiger partial charge in [-0.3, -0.25) is 0 Å². The fourth-order valence-electron chi connectivity index (χ4n) is 0.512. The minimum atomic E-state index is -0.0679. The summed E-state index contributed by atoms with van der Waals surface area (Å²) in [5.74, 6) is 0. The molecule has 0 saturated heterocycles. The van der Waals surface area contributed by atoms with Crippen LogP contribution in [0.1, 0.15) is 0 Å². The van der Waals surface area contributed by atoms with E-state index in [1.807, 2.05) is 11.5 Å². The molecule has 4 heteroatoms. The van der Waals surface area contributed by atoms with E-state index in [-0.39, 0.29) is 9.80 Å². The van der Waals surface area contributed by atoms with E-state index in [4.69, 9.17) is 4.18 Å². The highest BCUT2D eigenvalue weighted by molar-refractivity contribution is 8.83. The molecule has 2 rings (SSSR count). The van der Waals surface area contributed by atoms with Crippen molar-refractivity contribution in [3.05, 3.63) is 11.5 Å². The molecule has 0 N–H and O–H groups in total. The molecule has 0 aromatic rings. The Balaban J connectivity index is 2.43. The van der Waals surface area contributed by atoms with Crippen LogP contribution in [0.5, 0.6) is 0 Å². The molecule has 8 heavy (non-hydrogen) atoms. The smallest absolute Gasteiger partial charge is 0.192 e. The molecule has 2 nitrogen and oxygen atoms in total. The summed E-state index contributed by atoms with van der Waals surface area (Å²) in [6.07, 6.45) is 3.49. The van der Waals surface area contributed by atoms with Crippen molar-refractivity contribution in [2.75, 3.05) is 0 Å². The van der Waals surface area contributed by atoms with Crippen LogP contribution >= 0.6 is 20.6 Å². The molecule has 0 amide bonds. The topological polar surface area (TPSA) is 21.6 Å². The van der Waals surface area contributed by atoms with Crippen LogP contribution in [-0.4, -0.2) is 11.4 Å². The average molecular weight is 145 g/mol. The van der Waals surface area contributed by atoms with Crippen LogP contribution in [0.25, 0.3) is 0 Å². The third-order valence-corrected chi connectivity index (χ3v) is 3.71. The second kappa shape index (κ2) is 1.63. The van der Waals surface area contributed by atoms with Gasteiger partial charge >= 0.3 is 0 Å². The lowest BCUT2D eigenvalue weighted by Crippen LogP contribution is -1.74. The molecule has 0 radical (unpaired) electrons. The van der Waals surface area contributed by atoms with E-state index in [9.17, 15) is 0 Å². The zero-order valence-corrected chi connectivity index (χ0v) is 5.54. The predicted molar refractivity (Wildman–Crippen MR) is 38.9 cm³/mol. The second-order valence-electron chi connectivity index (χ2n) is 1.30. The molecule has 2 aliphatic rings. The van der Waals surface area contributed by atoms with E-state index < -0.39 is 0 Å². The van der Waals surface area contributed by atoms with Crippen molar-refractivity contribution in [3.63, 3.8) is 0 Å². The number of aliphatic imine (C=N–C) groups is 1. The first kappa shape index (κ1) is 4.64. The fourth-order valence-corrected chi connectivity index (χ4v) is 2.86. The first-order valence-electron chi connectivity index (χ1n) is 2.11. The normalized spacial score (nSPS) is 31.0. The summed E-state index contributed by atoms with van der Waals surface area (Å²) in [5.41, 5.74) is 0. The Morgan fingerprint density at radius 3 is 3.62 bits per heavy atom. The first-order chi connectivity index (χ1) is 3.97. The van der Waals surface area contributed by atoms with Crippen molar-refractivity contribution in [3.8, 4) is 0 Å². The Morgan fingerprint density at radius 1 is 1.75 bits per heavy atom. The third kappa shape index (κ3) is 0.530. The maximum absolute atomic E-state index is 5.08. The van der Waals surface area contributed by atoms with Gasteiger partial charge in [0.05, 0.1) is 9.80 Å². The lowest BCUT2D eigenvalue weighted by molar-refractivity contribution is 0.689. The Morgan fingerprint density at radius 2 is 2.75 bits per heavy atom. The van der Waals surface area contributed by atoms with Gasteiger partial charge in [-0.1, -0.05) is 0 Å². The standard InChI is InChI=1S/C4H3NOS2/c1-2-7-8-4(1)5-3-6-8/h1-3H. The second-order valence-corrected chi connectivity index (χ2v) is 4.33. The average Bonchev–Trinajstić information content (AvgIpc) is 2.15. The van der Waals surface area contributed by atoms with Gasteiger partial charge < -0.3 is 4.18 Å². The van der Waals surface area contributed by atoms with Crippen molar-refractivity contribution >= 4 is 32.0 Å². The maximum atomic E-state index is 5.08. The van der Waals surface area contributed by atoms with Crippen LogP contribution in [0, 0.1) is 0 Å². The van der Waals surface area contributed by atoms with Gasteiger partial charge in [-0.05, 0) is 22.3 Å². The molecule has 1 atom stereocenters. The zero-order chi connectivity index (χ0) is 5.40. The van der Waals surface area contributed by atoms with E-state index in [1.54, 1.807) is 10.8 Å². The van der Waals surface area contributed by atoms with Gasteiger partial charge in [-0.15, -0.1) is 0 Å². The highest BCUT2D eigenvalue weighted by atomic mass is 33.1. The van der Waals surface area contributed by atoms with E-state index in [0.717, 1.165) is 4.99 Å². The molecule has 0 bridgehead atoms. The summed E-state index contributed by atoms with van der Waals surface area (Å²) in [6.45, 7) is 0. The number of nitrogens with zero attached hydrogens (tertiary/aromatic N) is 1. The van der Waals surface area contributed by atoms with Crippen LogP contribution in [0.3, 0.4) is 0 Å². The molecule has 0 spiro atoms. The van der Waals surface area contributed by atoms with Crippen molar-refractivity contribution in [1.82, 2.24) is 0 Å². The summed E-state index contributed by atoms with van der Waals surface area (Å²) in [5, 5.41) is 2.01. The first-order valence-corrected chi connectivity index (χ1v) is 4.66. The van der Waals surface area contributed by atoms with Gasteiger partial charge in [-0.25, -0.2) is 4.99 Å². The summed E-state index contributed by atoms with van der Waals surface area (Å²) in [7, 11) is 1.61. The van der Waals surface area contributed by atoms with Crippen molar-refractivity contribution in [2.24, 2.45) is 4.99 Å². The summed E-state index contributed by atoms with van der Waals surface area (Å²) >= 11 is 0. The van der Waals surface area contributed by atoms with Crippen molar-refractivity contribution in [2.45, 2.75) is 0 Å². The molecule has 0 aromatic carbocycles. The van der Waals surface area contributed by atoms with E-state index in [2.05, 4.69) is 4.99 Å². The predicted octanol–water partition coefficient (Wildman–Crippen LogP) is 1.53. The highest BCUT2D eigenvalue weighted by Crippen LogP contribution is 2.41. The van der Waals surface area contributed by atoms with Gasteiger partial charge in [0.25, 0.3) is 0 Å². The highest BCUT2D eigenvalue weighted by Gasteiger charge is 2.12. The SMILES string of the molecule is C1=CC2=S(OC=N2)S1. The van der Waals surface area contributed by atoms with E-state index >= 15 is 0 Å². The molecular formula is C4H3NOS2. The number of rotatable bonds is 0. The van der Waals surface area contributed by atoms with E-state index in [0.29, 0.717) is 0 Å². The molecule has 2 aliphatic heterocycles. The molecule has 0 aliphatic carbocycles. The van der Waals surface area contributed by atoms with Crippen LogP contribution in [0.15, 0.2) is 16.5 Å². The fraction of sp³-hybridized carbons (Fsp3) is 0. The molecule has 0 aromatic heterocycles. The lowest BCUT2D eigenvalue weighted by Gasteiger charge is -1.90. The number of hydrogen-bond donors (Lipinski definition) is 0. The van der Waals surface area contributed by atoms with E-state index in [1.165, 1.54) is 6.40 Å². The Hall–Kier alpha value is -0.220. The minimum Gasteiger partial charge on any atom is -0.409 e. The van der Waals surface area contributed by atoms with Crippen molar-refractivity contribution < 1.29 is 4.18 Å². The zero-order valence-electron chi connectivity index (χ0n) is 3.90.